The highest BCUT2D eigenvalue weighted by molar-refractivity contribution is 7.89. The lowest BCUT2D eigenvalue weighted by molar-refractivity contribution is -0.387. The third-order valence-electron chi connectivity index (χ3n) is 4.97. The van der Waals surface area contributed by atoms with E-state index in [-0.39, 0.29) is 17.4 Å². The van der Waals surface area contributed by atoms with E-state index in [9.17, 15) is 18.5 Å². The molecule has 150 valence electrons. The summed E-state index contributed by atoms with van der Waals surface area (Å²) in [6, 6.07) is 13.1. The molecule has 3 rings (SSSR count). The molecule has 0 aliphatic carbocycles. The molecule has 0 amide bonds. The van der Waals surface area contributed by atoms with Gasteiger partial charge in [-0.3, -0.25) is 15.0 Å². The number of rotatable bonds is 7. The van der Waals surface area contributed by atoms with E-state index in [4.69, 9.17) is 11.6 Å². The van der Waals surface area contributed by atoms with Crippen LogP contribution in [0.5, 0.6) is 0 Å². The molecule has 0 atom stereocenters. The topological polar surface area (TPSA) is 92.5 Å². The van der Waals surface area contributed by atoms with Gasteiger partial charge in [0.05, 0.1) is 4.92 Å². The van der Waals surface area contributed by atoms with Crippen LogP contribution >= 0.6 is 11.6 Å². The average Bonchev–Trinajstić information content (AvgIpc) is 2.69. The summed E-state index contributed by atoms with van der Waals surface area (Å²) >= 11 is 6.21. The number of nitro benzene ring substituents is 1. The predicted molar refractivity (Wildman–Crippen MR) is 108 cm³/mol. The summed E-state index contributed by atoms with van der Waals surface area (Å²) in [5, 5.41) is 11.8. The van der Waals surface area contributed by atoms with Crippen LogP contribution < -0.4 is 4.72 Å². The summed E-state index contributed by atoms with van der Waals surface area (Å²) in [6.07, 6.45) is 1.70. The molecule has 1 aliphatic rings. The summed E-state index contributed by atoms with van der Waals surface area (Å²) in [5.41, 5.74) is 0.671. The van der Waals surface area contributed by atoms with Crippen molar-refractivity contribution in [3.63, 3.8) is 0 Å². The standard InChI is InChI=1S/C19H22ClN3O4S/c20-17-6-2-1-5-16(17)14-22-11-9-15(10-12-22)13-21-28(26,27)19-8-4-3-7-18(19)23(24)25/h1-8,15,21H,9-14H2. The minimum Gasteiger partial charge on any atom is -0.299 e. The van der Waals surface area contributed by atoms with Crippen LogP contribution in [-0.4, -0.2) is 37.9 Å². The Kier molecular flexibility index (Phi) is 6.66. The van der Waals surface area contributed by atoms with Crippen LogP contribution in [-0.2, 0) is 16.6 Å². The first-order valence-electron chi connectivity index (χ1n) is 9.05. The van der Waals surface area contributed by atoms with Crippen LogP contribution in [0.15, 0.2) is 53.4 Å². The molecule has 1 N–H and O–H groups in total. The second-order valence-corrected chi connectivity index (χ2v) is 9.03. The molecule has 7 nitrogen and oxygen atoms in total. The van der Waals surface area contributed by atoms with Gasteiger partial charge in [-0.15, -0.1) is 0 Å². The number of nitro groups is 1. The van der Waals surface area contributed by atoms with Gasteiger partial charge in [0.2, 0.25) is 10.0 Å². The Morgan fingerprint density at radius 2 is 1.75 bits per heavy atom. The molecule has 2 aromatic rings. The minimum atomic E-state index is -3.93. The van der Waals surface area contributed by atoms with Crippen molar-refractivity contribution in [2.75, 3.05) is 19.6 Å². The van der Waals surface area contributed by atoms with E-state index in [1.165, 1.54) is 24.3 Å². The summed E-state index contributed by atoms with van der Waals surface area (Å²) in [4.78, 5) is 12.4. The van der Waals surface area contributed by atoms with Gasteiger partial charge in [-0.25, -0.2) is 13.1 Å². The van der Waals surface area contributed by atoms with Crippen molar-refractivity contribution in [2.45, 2.75) is 24.3 Å². The molecule has 1 saturated heterocycles. The molecule has 0 radical (unpaired) electrons. The Hall–Kier alpha value is -2.00. The van der Waals surface area contributed by atoms with Gasteiger partial charge in [-0.05, 0) is 49.5 Å². The number of halogens is 1. The van der Waals surface area contributed by atoms with Crippen LogP contribution in [0, 0.1) is 16.0 Å². The Labute approximate surface area is 169 Å². The fourth-order valence-electron chi connectivity index (χ4n) is 3.36. The fourth-order valence-corrected chi connectivity index (χ4v) is 4.84. The smallest absolute Gasteiger partial charge is 0.289 e. The van der Waals surface area contributed by atoms with Crippen molar-refractivity contribution in [3.8, 4) is 0 Å². The highest BCUT2D eigenvalue weighted by atomic mass is 35.5. The maximum absolute atomic E-state index is 12.5. The van der Waals surface area contributed by atoms with Crippen molar-refractivity contribution in [1.82, 2.24) is 9.62 Å². The summed E-state index contributed by atoms with van der Waals surface area (Å²) < 4.78 is 27.5. The van der Waals surface area contributed by atoms with Gasteiger partial charge in [-0.2, -0.15) is 0 Å². The number of hydrogen-bond acceptors (Lipinski definition) is 5. The van der Waals surface area contributed by atoms with Crippen LogP contribution in [0.25, 0.3) is 0 Å². The van der Waals surface area contributed by atoms with Gasteiger partial charge in [-0.1, -0.05) is 41.9 Å². The average molecular weight is 424 g/mol. The molecule has 0 saturated carbocycles. The molecule has 2 aromatic carbocycles. The van der Waals surface area contributed by atoms with Crippen LogP contribution in [0.4, 0.5) is 5.69 Å². The van der Waals surface area contributed by atoms with Gasteiger partial charge in [0.25, 0.3) is 5.69 Å². The second-order valence-electron chi connectivity index (χ2n) is 6.89. The van der Waals surface area contributed by atoms with E-state index in [1.807, 2.05) is 24.3 Å². The summed E-state index contributed by atoms with van der Waals surface area (Å²) in [5.74, 6) is 0.194. The molecule has 0 bridgehead atoms. The lowest BCUT2D eigenvalue weighted by Gasteiger charge is -2.32. The van der Waals surface area contributed by atoms with Crippen molar-refractivity contribution in [1.29, 1.82) is 0 Å². The number of nitrogens with zero attached hydrogens (tertiary/aromatic N) is 2. The molecule has 28 heavy (non-hydrogen) atoms. The molecule has 0 unspecified atom stereocenters. The Morgan fingerprint density at radius 1 is 1.11 bits per heavy atom. The number of piperidine rings is 1. The molecule has 1 aliphatic heterocycles. The fraction of sp³-hybridized carbons (Fsp3) is 0.368. The van der Waals surface area contributed by atoms with Crippen LogP contribution in [0.3, 0.4) is 0 Å². The molecule has 0 aromatic heterocycles. The van der Waals surface area contributed by atoms with Crippen LogP contribution in [0.2, 0.25) is 5.02 Å². The van der Waals surface area contributed by atoms with Gasteiger partial charge < -0.3 is 0 Å². The molecule has 0 spiro atoms. The Morgan fingerprint density at radius 3 is 2.43 bits per heavy atom. The predicted octanol–water partition coefficient (Wildman–Crippen LogP) is 3.44. The minimum absolute atomic E-state index is 0.194. The van der Waals surface area contributed by atoms with E-state index >= 15 is 0 Å². The number of hydrogen-bond donors (Lipinski definition) is 1. The molecule has 1 fully saturated rings. The van der Waals surface area contributed by atoms with Crippen molar-refractivity contribution in [2.24, 2.45) is 5.92 Å². The second kappa shape index (κ2) is 9.00. The normalized spacial score (nSPS) is 16.2. The molecular weight excluding hydrogens is 402 g/mol. The maximum atomic E-state index is 12.5. The lowest BCUT2D eigenvalue weighted by atomic mass is 9.97. The van der Waals surface area contributed by atoms with Crippen molar-refractivity contribution in [3.05, 3.63) is 69.2 Å². The van der Waals surface area contributed by atoms with Crippen molar-refractivity contribution >= 4 is 27.3 Å². The first-order valence-corrected chi connectivity index (χ1v) is 10.9. The van der Waals surface area contributed by atoms with E-state index in [2.05, 4.69) is 9.62 Å². The molecule has 9 heteroatoms. The van der Waals surface area contributed by atoms with Gasteiger partial charge in [0, 0.05) is 24.2 Å². The SMILES string of the molecule is O=[N+]([O-])c1ccccc1S(=O)(=O)NCC1CCN(Cc2ccccc2Cl)CC1. The third kappa shape index (κ3) is 5.08. The number of benzene rings is 2. The highest BCUT2D eigenvalue weighted by Crippen LogP contribution is 2.25. The quantitative estimate of drug-likeness (QED) is 0.544. The summed E-state index contributed by atoms with van der Waals surface area (Å²) in [6.45, 7) is 2.74. The lowest BCUT2D eigenvalue weighted by Crippen LogP contribution is -2.38. The van der Waals surface area contributed by atoms with E-state index < -0.39 is 20.6 Å². The number of sulfonamides is 1. The molecule has 1 heterocycles. The van der Waals surface area contributed by atoms with Crippen LogP contribution in [0.1, 0.15) is 18.4 Å². The Balaban J connectivity index is 1.54. The first-order chi connectivity index (χ1) is 13.4. The zero-order valence-corrected chi connectivity index (χ0v) is 16.8. The van der Waals surface area contributed by atoms with E-state index in [1.54, 1.807) is 0 Å². The number of para-hydroxylation sites is 1. The number of likely N-dealkylation sites (tertiary alicyclic amines) is 1. The zero-order valence-electron chi connectivity index (χ0n) is 15.3. The third-order valence-corrected chi connectivity index (χ3v) is 6.81. The van der Waals surface area contributed by atoms with Gasteiger partial charge in [0.1, 0.15) is 0 Å². The van der Waals surface area contributed by atoms with E-state index in [0.717, 1.165) is 43.1 Å². The van der Waals surface area contributed by atoms with E-state index in [0.29, 0.717) is 0 Å². The Bertz CT molecular complexity index is 944. The maximum Gasteiger partial charge on any atom is 0.289 e. The summed E-state index contributed by atoms with van der Waals surface area (Å²) in [7, 11) is -3.93. The molecular formula is C19H22ClN3O4S. The monoisotopic (exact) mass is 423 g/mol. The first kappa shape index (κ1) is 20.7. The van der Waals surface area contributed by atoms with Crippen molar-refractivity contribution < 1.29 is 13.3 Å². The van der Waals surface area contributed by atoms with Gasteiger partial charge >= 0.3 is 0 Å². The zero-order chi connectivity index (χ0) is 20.1. The largest absolute Gasteiger partial charge is 0.299 e. The highest BCUT2D eigenvalue weighted by Gasteiger charge is 2.27. The number of nitrogens with one attached hydrogen (secondary N) is 1. The van der Waals surface area contributed by atoms with Gasteiger partial charge in [0.15, 0.2) is 4.90 Å².